The van der Waals surface area contributed by atoms with Gasteiger partial charge in [-0.3, -0.25) is 0 Å². The van der Waals surface area contributed by atoms with Gasteiger partial charge in [-0.05, 0) is 26.2 Å². The fourth-order valence-electron chi connectivity index (χ4n) is 0.667. The van der Waals surface area contributed by atoms with Crippen LogP contribution < -0.4 is 0 Å². The molecule has 0 saturated heterocycles. The molecule has 3 heteroatoms. The van der Waals surface area contributed by atoms with Gasteiger partial charge in [-0.2, -0.15) is 0 Å². The molecule has 11 heavy (non-hydrogen) atoms. The maximum absolute atomic E-state index is 8.77. The quantitative estimate of drug-likeness (QED) is 0.561. The van der Waals surface area contributed by atoms with Crippen molar-refractivity contribution in [3.05, 3.63) is 12.2 Å². The molecule has 2 nitrogen and oxygen atoms in total. The van der Waals surface area contributed by atoms with Crippen LogP contribution in [0.1, 0.15) is 26.2 Å². The first-order valence-corrected chi connectivity index (χ1v) is 3.73. The number of hydrogen-bond acceptors (Lipinski definition) is 2. The Balaban J connectivity index is 0. The molecular formula is C8H16AcO2. The summed E-state index contributed by atoms with van der Waals surface area (Å²) >= 11 is 0. The Kier molecular flexibility index (Phi) is 14.8. The first-order valence-electron chi connectivity index (χ1n) is 3.73. The third kappa shape index (κ3) is 14.0. The van der Waals surface area contributed by atoms with E-state index in [0.717, 1.165) is 19.3 Å². The fraction of sp³-hybridized carbons (Fsp3) is 0.750. The predicted molar refractivity (Wildman–Crippen MR) is 41.8 cm³/mol. The van der Waals surface area contributed by atoms with Gasteiger partial charge in [0, 0.05) is 50.7 Å². The molecule has 0 saturated carbocycles. The second-order valence-electron chi connectivity index (χ2n) is 2.39. The van der Waals surface area contributed by atoms with E-state index >= 15 is 0 Å². The van der Waals surface area contributed by atoms with Crippen molar-refractivity contribution in [2.24, 2.45) is 0 Å². The third-order valence-electron chi connectivity index (χ3n) is 1.19. The van der Waals surface area contributed by atoms with Crippen LogP contribution in [0, 0.1) is 44.1 Å². The first-order chi connectivity index (χ1) is 4.77. The topological polar surface area (TPSA) is 40.5 Å². The van der Waals surface area contributed by atoms with Crippen LogP contribution in [0.4, 0.5) is 0 Å². The number of rotatable bonds is 5. The van der Waals surface area contributed by atoms with Crippen molar-refractivity contribution in [1.29, 1.82) is 0 Å². The smallest absolute Gasteiger partial charge is 0.0692 e. The Labute approximate surface area is 104 Å². The van der Waals surface area contributed by atoms with E-state index in [1.807, 2.05) is 6.08 Å². The molecule has 0 aliphatic rings. The van der Waals surface area contributed by atoms with Crippen LogP contribution in [0.3, 0.4) is 0 Å². The van der Waals surface area contributed by atoms with E-state index in [9.17, 15) is 0 Å². The van der Waals surface area contributed by atoms with Crippen molar-refractivity contribution in [2.45, 2.75) is 32.3 Å². The van der Waals surface area contributed by atoms with Crippen molar-refractivity contribution in [3.63, 3.8) is 0 Å². The van der Waals surface area contributed by atoms with Gasteiger partial charge < -0.3 is 10.2 Å². The van der Waals surface area contributed by atoms with Gasteiger partial charge in [0.25, 0.3) is 0 Å². The number of aliphatic hydroxyl groups excluding tert-OH is 2. The van der Waals surface area contributed by atoms with Gasteiger partial charge in [0.2, 0.25) is 0 Å². The molecule has 0 rings (SSSR count). The zero-order chi connectivity index (χ0) is 7.82. The molecule has 0 aliphatic carbocycles. The van der Waals surface area contributed by atoms with Crippen molar-refractivity contribution in [1.82, 2.24) is 0 Å². The molecular weight excluding hydrogens is 355 g/mol. The van der Waals surface area contributed by atoms with Crippen molar-refractivity contribution in [3.8, 4) is 0 Å². The molecule has 1 radical (unpaired) electrons. The number of allylic oxidation sites excluding steroid dienone is 1. The van der Waals surface area contributed by atoms with Crippen LogP contribution in [-0.2, 0) is 0 Å². The molecule has 0 aromatic heterocycles. The van der Waals surface area contributed by atoms with E-state index in [1.54, 1.807) is 13.0 Å². The molecule has 2 N–H and O–H groups in total. The van der Waals surface area contributed by atoms with Crippen LogP contribution >= 0.6 is 0 Å². The van der Waals surface area contributed by atoms with Gasteiger partial charge in [0.05, 0.1) is 6.10 Å². The summed E-state index contributed by atoms with van der Waals surface area (Å²) in [4.78, 5) is 0. The molecule has 1 unspecified atom stereocenters. The molecule has 0 spiro atoms. The number of aliphatic hydroxyl groups is 2. The van der Waals surface area contributed by atoms with Gasteiger partial charge in [-0.1, -0.05) is 12.2 Å². The first kappa shape index (κ1) is 14.6. The third-order valence-corrected chi connectivity index (χ3v) is 1.19. The maximum Gasteiger partial charge on any atom is 0.0692 e. The van der Waals surface area contributed by atoms with Crippen LogP contribution in [0.2, 0.25) is 0 Å². The maximum atomic E-state index is 8.77. The van der Waals surface area contributed by atoms with E-state index in [4.69, 9.17) is 10.2 Å². The van der Waals surface area contributed by atoms with E-state index in [0.29, 0.717) is 0 Å². The Bertz CT molecular complexity index is 92.1. The van der Waals surface area contributed by atoms with Gasteiger partial charge in [0.1, 0.15) is 0 Å². The van der Waals surface area contributed by atoms with Gasteiger partial charge >= 0.3 is 0 Å². The monoisotopic (exact) mass is 371 g/mol. The van der Waals surface area contributed by atoms with E-state index < -0.39 is 0 Å². The summed E-state index contributed by atoms with van der Waals surface area (Å²) in [6, 6.07) is 0. The molecule has 0 aromatic carbocycles. The van der Waals surface area contributed by atoms with Gasteiger partial charge in [-0.25, -0.2) is 0 Å². The average Bonchev–Trinajstić information content (AvgIpc) is 1.87. The molecule has 0 heterocycles. The summed E-state index contributed by atoms with van der Waals surface area (Å²) in [6.45, 7) is 1.99. The molecule has 0 fully saturated rings. The molecule has 0 amide bonds. The Morgan fingerprint density at radius 2 is 2.00 bits per heavy atom. The Morgan fingerprint density at radius 3 is 2.45 bits per heavy atom. The summed E-state index contributed by atoms with van der Waals surface area (Å²) in [6.07, 6.45) is 6.17. The van der Waals surface area contributed by atoms with E-state index in [2.05, 4.69) is 0 Å². The minimum absolute atomic E-state index is 0. The molecule has 63 valence electrons. The normalized spacial score (nSPS) is 13.0. The van der Waals surface area contributed by atoms with E-state index in [-0.39, 0.29) is 56.8 Å². The Hall–Kier alpha value is 1.10. The van der Waals surface area contributed by atoms with Crippen molar-refractivity contribution >= 4 is 0 Å². The SMILES string of the molecule is CC(O)/C=C/CCCCO.[Ac]. The summed E-state index contributed by atoms with van der Waals surface area (Å²) < 4.78 is 0. The van der Waals surface area contributed by atoms with Crippen LogP contribution in [0.25, 0.3) is 0 Å². The summed E-state index contributed by atoms with van der Waals surface area (Å²) in [5.74, 6) is 0. The van der Waals surface area contributed by atoms with Crippen molar-refractivity contribution in [2.75, 3.05) is 6.61 Å². The Morgan fingerprint density at radius 1 is 1.36 bits per heavy atom. The number of hydrogen-bond donors (Lipinski definition) is 2. The standard InChI is InChI=1S/C8H16O2.Ac/c1-8(10)6-4-2-3-5-7-9;/h4,6,8-10H,2-3,5,7H2,1H3;/b6-4+;. The summed E-state index contributed by atoms with van der Waals surface area (Å²) in [7, 11) is 0. The van der Waals surface area contributed by atoms with Crippen LogP contribution in [-0.4, -0.2) is 22.9 Å². The van der Waals surface area contributed by atoms with Gasteiger partial charge in [0.15, 0.2) is 0 Å². The molecule has 0 aliphatic heterocycles. The average molecular weight is 371 g/mol. The zero-order valence-electron chi connectivity index (χ0n) is 7.03. The minimum Gasteiger partial charge on any atom is -0.396 e. The molecule has 1 atom stereocenters. The van der Waals surface area contributed by atoms with E-state index in [1.165, 1.54) is 0 Å². The van der Waals surface area contributed by atoms with Gasteiger partial charge in [-0.15, -0.1) is 0 Å². The predicted octanol–water partition coefficient (Wildman–Crippen LogP) is 1.09. The second kappa shape index (κ2) is 11.1. The van der Waals surface area contributed by atoms with Crippen molar-refractivity contribution < 1.29 is 54.3 Å². The molecule has 0 aromatic rings. The number of unbranched alkanes of at least 4 members (excludes halogenated alkanes) is 2. The zero-order valence-corrected chi connectivity index (χ0v) is 11.8. The van der Waals surface area contributed by atoms with Crippen LogP contribution in [0.15, 0.2) is 12.2 Å². The summed E-state index contributed by atoms with van der Waals surface area (Å²) in [5.41, 5.74) is 0. The molecule has 0 bridgehead atoms. The summed E-state index contributed by atoms with van der Waals surface area (Å²) in [5, 5.41) is 17.2. The van der Waals surface area contributed by atoms with Crippen LogP contribution in [0.5, 0.6) is 0 Å². The fourth-order valence-corrected chi connectivity index (χ4v) is 0.667. The largest absolute Gasteiger partial charge is 0.396 e. The minimum atomic E-state index is -0.339. The second-order valence-corrected chi connectivity index (χ2v) is 2.39.